The third-order valence-corrected chi connectivity index (χ3v) is 4.79. The predicted molar refractivity (Wildman–Crippen MR) is 96.5 cm³/mol. The number of hydrogen-bond acceptors (Lipinski definition) is 4. The summed E-state index contributed by atoms with van der Waals surface area (Å²) in [5.41, 5.74) is 1.20. The summed E-state index contributed by atoms with van der Waals surface area (Å²) >= 11 is 0. The Bertz CT molecular complexity index is 842. The maximum absolute atomic E-state index is 12.5. The zero-order valence-electron chi connectivity index (χ0n) is 14.6. The molecule has 6 heteroatoms. The highest BCUT2D eigenvalue weighted by atomic mass is 16.4. The van der Waals surface area contributed by atoms with Crippen LogP contribution in [0.2, 0.25) is 0 Å². The normalized spacial score (nSPS) is 17.4. The van der Waals surface area contributed by atoms with Gasteiger partial charge in [0.15, 0.2) is 5.89 Å². The van der Waals surface area contributed by atoms with Crippen LogP contribution in [-0.4, -0.2) is 38.4 Å². The molecule has 1 atom stereocenters. The fourth-order valence-electron chi connectivity index (χ4n) is 3.43. The Labute approximate surface area is 152 Å². The van der Waals surface area contributed by atoms with Gasteiger partial charge in [0.1, 0.15) is 12.3 Å². The molecule has 0 bridgehead atoms. The first kappa shape index (κ1) is 16.6. The highest BCUT2D eigenvalue weighted by Gasteiger charge is 2.27. The molecule has 0 N–H and O–H groups in total. The van der Waals surface area contributed by atoms with Gasteiger partial charge in [-0.05, 0) is 18.4 Å². The zero-order chi connectivity index (χ0) is 17.8. The van der Waals surface area contributed by atoms with Crippen LogP contribution in [0.3, 0.4) is 0 Å². The van der Waals surface area contributed by atoms with E-state index in [4.69, 9.17) is 4.42 Å². The molecule has 2 aromatic heterocycles. The van der Waals surface area contributed by atoms with Gasteiger partial charge in [-0.25, -0.2) is 9.97 Å². The molecule has 0 aliphatic carbocycles. The van der Waals surface area contributed by atoms with Crippen LogP contribution in [0.4, 0.5) is 0 Å². The van der Waals surface area contributed by atoms with Crippen molar-refractivity contribution in [1.29, 1.82) is 0 Å². The van der Waals surface area contributed by atoms with E-state index in [1.54, 1.807) is 17.1 Å². The molecule has 6 nitrogen and oxygen atoms in total. The summed E-state index contributed by atoms with van der Waals surface area (Å²) in [6, 6.07) is 10.2. The van der Waals surface area contributed by atoms with Crippen molar-refractivity contribution >= 4 is 5.91 Å². The number of amides is 1. The smallest absolute Gasteiger partial charge is 0.242 e. The number of aromatic nitrogens is 3. The van der Waals surface area contributed by atoms with Crippen molar-refractivity contribution in [2.75, 3.05) is 13.1 Å². The van der Waals surface area contributed by atoms with Crippen LogP contribution in [0.25, 0.3) is 0 Å². The number of likely N-dealkylation sites (tertiary alicyclic amines) is 1. The maximum atomic E-state index is 12.5. The van der Waals surface area contributed by atoms with Gasteiger partial charge in [0, 0.05) is 31.9 Å². The Morgan fingerprint density at radius 1 is 1.27 bits per heavy atom. The molecular formula is C20H22N4O2. The van der Waals surface area contributed by atoms with Gasteiger partial charge in [0.2, 0.25) is 5.91 Å². The van der Waals surface area contributed by atoms with E-state index in [2.05, 4.69) is 22.1 Å². The number of benzene rings is 1. The van der Waals surface area contributed by atoms with E-state index < -0.39 is 0 Å². The van der Waals surface area contributed by atoms with Gasteiger partial charge >= 0.3 is 0 Å². The Hall–Kier alpha value is -2.89. The van der Waals surface area contributed by atoms with Gasteiger partial charge in [-0.2, -0.15) is 0 Å². The third kappa shape index (κ3) is 3.85. The van der Waals surface area contributed by atoms with Crippen molar-refractivity contribution in [3.63, 3.8) is 0 Å². The number of rotatable bonds is 5. The topological polar surface area (TPSA) is 64.2 Å². The summed E-state index contributed by atoms with van der Waals surface area (Å²) in [5, 5.41) is 0. The second-order valence-corrected chi connectivity index (χ2v) is 6.74. The summed E-state index contributed by atoms with van der Waals surface area (Å²) in [7, 11) is 0. The monoisotopic (exact) mass is 350 g/mol. The van der Waals surface area contributed by atoms with E-state index in [0.29, 0.717) is 13.1 Å². The number of hydrogen-bond donors (Lipinski definition) is 0. The fraction of sp³-hybridized carbons (Fsp3) is 0.350. The van der Waals surface area contributed by atoms with Gasteiger partial charge in [0.05, 0.1) is 18.4 Å². The molecule has 1 aromatic carbocycles. The van der Waals surface area contributed by atoms with Crippen molar-refractivity contribution in [3.05, 3.63) is 72.5 Å². The second-order valence-electron chi connectivity index (χ2n) is 6.74. The number of imidazole rings is 1. The molecule has 3 heterocycles. The molecule has 0 saturated carbocycles. The highest BCUT2D eigenvalue weighted by Crippen LogP contribution is 2.27. The second kappa shape index (κ2) is 7.56. The van der Waals surface area contributed by atoms with Gasteiger partial charge < -0.3 is 13.9 Å². The lowest BCUT2D eigenvalue weighted by Crippen LogP contribution is -2.40. The van der Waals surface area contributed by atoms with E-state index in [1.165, 1.54) is 5.56 Å². The SMILES string of the molecule is O=C(Cn1ccnc1)N1CCCC(c2ncc(Cc3ccccc3)o2)C1. The summed E-state index contributed by atoms with van der Waals surface area (Å²) < 4.78 is 7.80. The van der Waals surface area contributed by atoms with Crippen LogP contribution in [-0.2, 0) is 17.8 Å². The molecule has 1 amide bonds. The highest BCUT2D eigenvalue weighted by molar-refractivity contribution is 5.76. The molecule has 1 saturated heterocycles. The van der Waals surface area contributed by atoms with E-state index in [0.717, 1.165) is 37.5 Å². The number of piperidine rings is 1. The molecule has 1 fully saturated rings. The van der Waals surface area contributed by atoms with E-state index in [1.807, 2.05) is 35.5 Å². The van der Waals surface area contributed by atoms with E-state index in [-0.39, 0.29) is 11.8 Å². The van der Waals surface area contributed by atoms with Crippen molar-refractivity contribution in [3.8, 4) is 0 Å². The Balaban J connectivity index is 1.39. The lowest BCUT2D eigenvalue weighted by atomic mass is 9.98. The molecule has 0 spiro atoms. The average Bonchev–Trinajstić information content (AvgIpc) is 3.35. The molecule has 1 aliphatic heterocycles. The third-order valence-electron chi connectivity index (χ3n) is 4.79. The minimum Gasteiger partial charge on any atom is -0.445 e. The summed E-state index contributed by atoms with van der Waals surface area (Å²) in [6.07, 6.45) is 9.69. The van der Waals surface area contributed by atoms with Crippen LogP contribution < -0.4 is 0 Å². The molecular weight excluding hydrogens is 328 g/mol. The largest absolute Gasteiger partial charge is 0.445 e. The first-order valence-corrected chi connectivity index (χ1v) is 9.00. The minimum atomic E-state index is 0.115. The lowest BCUT2D eigenvalue weighted by molar-refractivity contribution is -0.133. The van der Waals surface area contributed by atoms with Crippen molar-refractivity contribution in [1.82, 2.24) is 19.4 Å². The molecule has 3 aromatic rings. The first-order valence-electron chi connectivity index (χ1n) is 9.00. The van der Waals surface area contributed by atoms with Gasteiger partial charge in [-0.1, -0.05) is 30.3 Å². The van der Waals surface area contributed by atoms with Crippen molar-refractivity contribution < 1.29 is 9.21 Å². The Morgan fingerprint density at radius 2 is 2.15 bits per heavy atom. The van der Waals surface area contributed by atoms with Gasteiger partial charge in [-0.15, -0.1) is 0 Å². The Morgan fingerprint density at radius 3 is 2.96 bits per heavy atom. The number of carbonyl (C=O) groups is 1. The zero-order valence-corrected chi connectivity index (χ0v) is 14.6. The maximum Gasteiger partial charge on any atom is 0.242 e. The van der Waals surface area contributed by atoms with Crippen LogP contribution >= 0.6 is 0 Å². The van der Waals surface area contributed by atoms with E-state index in [9.17, 15) is 4.79 Å². The molecule has 1 unspecified atom stereocenters. The van der Waals surface area contributed by atoms with Crippen LogP contribution in [0.5, 0.6) is 0 Å². The number of carbonyl (C=O) groups excluding carboxylic acids is 1. The molecule has 1 aliphatic rings. The average molecular weight is 350 g/mol. The minimum absolute atomic E-state index is 0.115. The summed E-state index contributed by atoms with van der Waals surface area (Å²) in [5.74, 6) is 1.90. The van der Waals surface area contributed by atoms with Crippen LogP contribution in [0, 0.1) is 0 Å². The fourth-order valence-corrected chi connectivity index (χ4v) is 3.43. The molecule has 26 heavy (non-hydrogen) atoms. The molecule has 134 valence electrons. The molecule has 0 radical (unpaired) electrons. The Kier molecular flexibility index (Phi) is 4.82. The standard InChI is InChI=1S/C20H22N4O2/c25-19(14-23-10-8-21-15-23)24-9-4-7-17(13-24)20-22-12-18(26-20)11-16-5-2-1-3-6-16/h1-3,5-6,8,10,12,15,17H,4,7,9,11,13-14H2. The van der Waals surface area contributed by atoms with Crippen molar-refractivity contribution in [2.24, 2.45) is 0 Å². The van der Waals surface area contributed by atoms with Crippen LogP contribution in [0.15, 0.2) is 59.7 Å². The van der Waals surface area contributed by atoms with Crippen molar-refractivity contribution in [2.45, 2.75) is 31.7 Å². The first-order chi connectivity index (χ1) is 12.8. The summed E-state index contributed by atoms with van der Waals surface area (Å²) in [4.78, 5) is 22.9. The van der Waals surface area contributed by atoms with Crippen LogP contribution in [0.1, 0.15) is 36.0 Å². The number of nitrogens with zero attached hydrogens (tertiary/aromatic N) is 4. The number of oxazole rings is 1. The quantitative estimate of drug-likeness (QED) is 0.710. The summed E-state index contributed by atoms with van der Waals surface area (Å²) in [6.45, 7) is 1.79. The van der Waals surface area contributed by atoms with Gasteiger partial charge in [0.25, 0.3) is 0 Å². The predicted octanol–water partition coefficient (Wildman–Crippen LogP) is 2.87. The van der Waals surface area contributed by atoms with E-state index >= 15 is 0 Å². The molecule has 4 rings (SSSR count). The van der Waals surface area contributed by atoms with Gasteiger partial charge in [-0.3, -0.25) is 4.79 Å². The lowest BCUT2D eigenvalue weighted by Gasteiger charge is -2.31.